The zero-order valence-corrected chi connectivity index (χ0v) is 19.5. The van der Waals surface area contributed by atoms with Crippen molar-refractivity contribution in [3.05, 3.63) is 102 Å². The largest absolute Gasteiger partial charge is 0.339 e. The summed E-state index contributed by atoms with van der Waals surface area (Å²) in [4.78, 5) is 38.7. The second-order valence-corrected chi connectivity index (χ2v) is 7.97. The molecule has 0 aromatic heterocycles. The maximum absolute atomic E-state index is 12.7. The maximum atomic E-state index is 12.7. The monoisotopic (exact) mass is 458 g/mol. The molecule has 0 aliphatic heterocycles. The third-order valence-electron chi connectivity index (χ3n) is 5.56. The van der Waals surface area contributed by atoms with Crippen molar-refractivity contribution in [2.24, 2.45) is 0 Å². The van der Waals surface area contributed by atoms with Gasteiger partial charge in [0.05, 0.1) is 6.04 Å². The molecule has 0 radical (unpaired) electrons. The Morgan fingerprint density at radius 1 is 0.853 bits per heavy atom. The number of rotatable bonds is 9. The molecule has 0 saturated carbocycles. The number of nitrogens with one attached hydrogen (secondary N) is 3. The number of nitrogens with zero attached hydrogens (tertiary/aromatic N) is 1. The average Bonchev–Trinajstić information content (AvgIpc) is 2.87. The van der Waals surface area contributed by atoms with E-state index in [0.717, 1.165) is 11.1 Å². The van der Waals surface area contributed by atoms with Gasteiger partial charge in [-0.3, -0.25) is 9.59 Å². The number of anilines is 1. The van der Waals surface area contributed by atoms with Crippen molar-refractivity contribution in [3.63, 3.8) is 0 Å². The van der Waals surface area contributed by atoms with Gasteiger partial charge in [0.1, 0.15) is 0 Å². The summed E-state index contributed by atoms with van der Waals surface area (Å²) in [5, 5.41) is 8.39. The maximum Gasteiger partial charge on any atom is 0.315 e. The van der Waals surface area contributed by atoms with Crippen LogP contribution in [-0.4, -0.2) is 36.3 Å². The van der Waals surface area contributed by atoms with Crippen LogP contribution in [0.15, 0.2) is 84.9 Å². The van der Waals surface area contributed by atoms with E-state index in [1.165, 1.54) is 0 Å². The van der Waals surface area contributed by atoms with Crippen molar-refractivity contribution in [2.75, 3.05) is 18.9 Å². The highest BCUT2D eigenvalue weighted by Gasteiger charge is 2.18. The van der Waals surface area contributed by atoms with Gasteiger partial charge in [-0.1, -0.05) is 60.7 Å². The number of urea groups is 1. The molecule has 176 valence electrons. The molecule has 0 aliphatic carbocycles. The molecule has 0 spiro atoms. The third kappa shape index (κ3) is 7.20. The number of hydrogen-bond donors (Lipinski definition) is 3. The van der Waals surface area contributed by atoms with Gasteiger partial charge in [-0.2, -0.15) is 0 Å². The first-order valence-electron chi connectivity index (χ1n) is 11.2. The first-order chi connectivity index (χ1) is 16.4. The summed E-state index contributed by atoms with van der Waals surface area (Å²) in [5.74, 6) is -0.277. The second kappa shape index (κ2) is 12.2. The Morgan fingerprint density at radius 3 is 2.24 bits per heavy atom. The van der Waals surface area contributed by atoms with Gasteiger partial charge in [-0.25, -0.2) is 4.79 Å². The molecule has 0 heterocycles. The zero-order valence-electron chi connectivity index (χ0n) is 19.5. The zero-order chi connectivity index (χ0) is 24.3. The summed E-state index contributed by atoms with van der Waals surface area (Å²) < 4.78 is 0. The lowest BCUT2D eigenvalue weighted by atomic mass is 10.1. The lowest BCUT2D eigenvalue weighted by Crippen LogP contribution is -2.38. The number of carbonyl (C=O) groups excluding carboxylic acids is 3. The Labute approximate surface area is 200 Å². The Bertz CT molecular complexity index is 1100. The van der Waals surface area contributed by atoms with Crippen LogP contribution in [0.5, 0.6) is 0 Å². The Hall–Kier alpha value is -4.13. The lowest BCUT2D eigenvalue weighted by Gasteiger charge is -2.26. The fourth-order valence-electron chi connectivity index (χ4n) is 3.41. The number of amides is 4. The van der Waals surface area contributed by atoms with Crippen LogP contribution in [0.2, 0.25) is 0 Å². The van der Waals surface area contributed by atoms with Gasteiger partial charge in [0.2, 0.25) is 5.91 Å². The van der Waals surface area contributed by atoms with Crippen molar-refractivity contribution in [1.82, 2.24) is 15.5 Å². The highest BCUT2D eigenvalue weighted by atomic mass is 16.2. The van der Waals surface area contributed by atoms with E-state index in [2.05, 4.69) is 16.0 Å². The van der Waals surface area contributed by atoms with Crippen molar-refractivity contribution in [1.29, 1.82) is 0 Å². The van der Waals surface area contributed by atoms with Gasteiger partial charge in [-0.15, -0.1) is 0 Å². The van der Waals surface area contributed by atoms with Crippen LogP contribution in [0.3, 0.4) is 0 Å². The summed E-state index contributed by atoms with van der Waals surface area (Å²) in [5.41, 5.74) is 3.14. The second-order valence-electron chi connectivity index (χ2n) is 7.97. The normalized spacial score (nSPS) is 11.2. The van der Waals surface area contributed by atoms with Crippen LogP contribution in [-0.2, 0) is 11.3 Å². The molecule has 3 aromatic rings. The van der Waals surface area contributed by atoms with Crippen molar-refractivity contribution < 1.29 is 14.4 Å². The standard InChI is InChI=1S/C27H30N4O3/c1-20(23-14-9-15-24(18-23)30-26(33)22-12-7-4-8-13-22)31(2)25(32)16-17-28-27(34)29-19-21-10-5-3-6-11-21/h3-15,18,20H,16-17,19H2,1-2H3,(H,30,33)(H2,28,29,34). The van der Waals surface area contributed by atoms with E-state index >= 15 is 0 Å². The molecule has 3 rings (SSSR count). The minimum Gasteiger partial charge on any atom is -0.339 e. The summed E-state index contributed by atoms with van der Waals surface area (Å²) in [6.07, 6.45) is 0.185. The average molecular weight is 459 g/mol. The first-order valence-corrected chi connectivity index (χ1v) is 11.2. The molecule has 1 unspecified atom stereocenters. The summed E-state index contributed by atoms with van der Waals surface area (Å²) in [6.45, 7) is 2.59. The van der Waals surface area contributed by atoms with E-state index in [4.69, 9.17) is 0 Å². The van der Waals surface area contributed by atoms with Crippen LogP contribution in [0.4, 0.5) is 10.5 Å². The molecule has 3 N–H and O–H groups in total. The first kappa shape index (κ1) is 24.5. The Morgan fingerprint density at radius 2 is 1.53 bits per heavy atom. The fourth-order valence-corrected chi connectivity index (χ4v) is 3.41. The van der Waals surface area contributed by atoms with Gasteiger partial charge in [-0.05, 0) is 42.3 Å². The molecular weight excluding hydrogens is 428 g/mol. The Balaban J connectivity index is 1.47. The van der Waals surface area contributed by atoms with E-state index in [-0.39, 0.29) is 36.9 Å². The van der Waals surface area contributed by atoms with E-state index in [9.17, 15) is 14.4 Å². The van der Waals surface area contributed by atoms with Gasteiger partial charge in [0, 0.05) is 37.8 Å². The van der Waals surface area contributed by atoms with E-state index in [0.29, 0.717) is 17.8 Å². The quantitative estimate of drug-likeness (QED) is 0.445. The number of carbonyl (C=O) groups is 3. The van der Waals surface area contributed by atoms with Gasteiger partial charge >= 0.3 is 6.03 Å². The van der Waals surface area contributed by atoms with Gasteiger partial charge in [0.25, 0.3) is 5.91 Å². The topological polar surface area (TPSA) is 90.5 Å². The highest BCUT2D eigenvalue weighted by Crippen LogP contribution is 2.23. The fraction of sp³-hybridized carbons (Fsp3) is 0.222. The van der Waals surface area contributed by atoms with Gasteiger partial charge < -0.3 is 20.9 Å². The van der Waals surface area contributed by atoms with Crippen molar-refractivity contribution >= 4 is 23.5 Å². The predicted octanol–water partition coefficient (Wildman–Crippen LogP) is 4.35. The summed E-state index contributed by atoms with van der Waals surface area (Å²) >= 11 is 0. The molecule has 3 aromatic carbocycles. The predicted molar refractivity (Wildman–Crippen MR) is 133 cm³/mol. The molecule has 7 heteroatoms. The summed E-state index contributed by atoms with van der Waals surface area (Å²) in [6, 6.07) is 25.6. The minimum absolute atomic E-state index is 0.0883. The lowest BCUT2D eigenvalue weighted by molar-refractivity contribution is -0.131. The van der Waals surface area contributed by atoms with Crippen molar-refractivity contribution in [2.45, 2.75) is 25.9 Å². The molecule has 34 heavy (non-hydrogen) atoms. The molecule has 0 bridgehead atoms. The molecule has 1 atom stereocenters. The SMILES string of the molecule is CC(c1cccc(NC(=O)c2ccccc2)c1)N(C)C(=O)CCNC(=O)NCc1ccccc1. The Kier molecular flexibility index (Phi) is 8.80. The molecular formula is C27H30N4O3. The molecule has 7 nitrogen and oxygen atoms in total. The molecule has 0 aliphatic rings. The van der Waals surface area contributed by atoms with Crippen LogP contribution < -0.4 is 16.0 Å². The van der Waals surface area contributed by atoms with Crippen LogP contribution in [0, 0.1) is 0 Å². The summed E-state index contributed by atoms with van der Waals surface area (Å²) in [7, 11) is 1.73. The van der Waals surface area contributed by atoms with E-state index < -0.39 is 0 Å². The molecule has 4 amide bonds. The minimum atomic E-state index is -0.311. The molecule has 0 saturated heterocycles. The highest BCUT2D eigenvalue weighted by molar-refractivity contribution is 6.04. The van der Waals surface area contributed by atoms with Crippen LogP contribution >= 0.6 is 0 Å². The number of benzene rings is 3. The third-order valence-corrected chi connectivity index (χ3v) is 5.56. The van der Waals surface area contributed by atoms with Crippen molar-refractivity contribution in [3.8, 4) is 0 Å². The van der Waals surface area contributed by atoms with E-state index in [1.807, 2.05) is 79.7 Å². The van der Waals surface area contributed by atoms with Crippen LogP contribution in [0.25, 0.3) is 0 Å². The van der Waals surface area contributed by atoms with Gasteiger partial charge in [0.15, 0.2) is 0 Å². The van der Waals surface area contributed by atoms with E-state index in [1.54, 1.807) is 24.1 Å². The smallest absolute Gasteiger partial charge is 0.315 e. The molecule has 0 fully saturated rings. The number of hydrogen-bond acceptors (Lipinski definition) is 3. The van der Waals surface area contributed by atoms with Crippen LogP contribution in [0.1, 0.15) is 40.9 Å².